The summed E-state index contributed by atoms with van der Waals surface area (Å²) in [6.07, 6.45) is -0.424. The highest BCUT2D eigenvalue weighted by Gasteiger charge is 2.04. The molecule has 1 aromatic carbocycles. The van der Waals surface area contributed by atoms with Crippen LogP contribution in [0.15, 0.2) is 24.3 Å². The van der Waals surface area contributed by atoms with Gasteiger partial charge in [-0.1, -0.05) is 12.1 Å². The number of aliphatic hydroxyl groups excluding tert-OH is 2. The van der Waals surface area contributed by atoms with Crippen LogP contribution in [0.25, 0.3) is 0 Å². The minimum Gasteiger partial charge on any atom is -0.395 e. The zero-order chi connectivity index (χ0) is 11.3. The fourth-order valence-corrected chi connectivity index (χ4v) is 1.55. The van der Waals surface area contributed by atoms with E-state index >= 15 is 0 Å². The van der Waals surface area contributed by atoms with E-state index in [1.54, 1.807) is 6.92 Å². The van der Waals surface area contributed by atoms with Gasteiger partial charge in [0, 0.05) is 18.8 Å². The van der Waals surface area contributed by atoms with Crippen LogP contribution in [0.5, 0.6) is 0 Å². The third-order valence-electron chi connectivity index (χ3n) is 2.49. The van der Waals surface area contributed by atoms with Gasteiger partial charge < -0.3 is 15.1 Å². The van der Waals surface area contributed by atoms with Crippen LogP contribution in [0.4, 0.5) is 5.69 Å². The second kappa shape index (κ2) is 5.73. The molecule has 0 aliphatic carbocycles. The zero-order valence-corrected chi connectivity index (χ0v) is 9.35. The van der Waals surface area contributed by atoms with Crippen molar-refractivity contribution in [1.82, 2.24) is 0 Å². The summed E-state index contributed by atoms with van der Waals surface area (Å²) in [6.45, 7) is 5.48. The number of aliphatic hydroxyl groups is 2. The summed E-state index contributed by atoms with van der Waals surface area (Å²) in [5.41, 5.74) is 2.00. The number of rotatable bonds is 5. The van der Waals surface area contributed by atoms with Gasteiger partial charge >= 0.3 is 0 Å². The maximum atomic E-state index is 9.36. The largest absolute Gasteiger partial charge is 0.395 e. The minimum atomic E-state index is -0.424. The highest BCUT2D eigenvalue weighted by Crippen LogP contribution is 2.18. The molecule has 0 bridgehead atoms. The first-order valence-corrected chi connectivity index (χ1v) is 5.32. The van der Waals surface area contributed by atoms with Crippen LogP contribution in [0, 0.1) is 0 Å². The molecule has 0 spiro atoms. The molecule has 0 radical (unpaired) electrons. The molecule has 0 amide bonds. The van der Waals surface area contributed by atoms with Gasteiger partial charge in [-0.15, -0.1) is 0 Å². The van der Waals surface area contributed by atoms with E-state index in [4.69, 9.17) is 5.11 Å². The first-order valence-electron chi connectivity index (χ1n) is 5.32. The van der Waals surface area contributed by atoms with Gasteiger partial charge in [0.1, 0.15) is 0 Å². The molecule has 0 aromatic heterocycles. The molecule has 2 N–H and O–H groups in total. The second-order valence-corrected chi connectivity index (χ2v) is 3.57. The van der Waals surface area contributed by atoms with E-state index in [9.17, 15) is 5.11 Å². The van der Waals surface area contributed by atoms with Gasteiger partial charge in [0.2, 0.25) is 0 Å². The van der Waals surface area contributed by atoms with E-state index in [2.05, 4.69) is 11.8 Å². The maximum Gasteiger partial charge on any atom is 0.0761 e. The Hall–Kier alpha value is -1.06. The number of likely N-dealkylation sites (N-methyl/N-ethyl adjacent to an activating group) is 1. The quantitative estimate of drug-likeness (QED) is 0.773. The molecule has 1 rings (SSSR count). The van der Waals surface area contributed by atoms with Gasteiger partial charge in [-0.3, -0.25) is 0 Å². The molecular weight excluding hydrogens is 190 g/mol. The average molecular weight is 209 g/mol. The van der Waals surface area contributed by atoms with Crippen molar-refractivity contribution in [3.05, 3.63) is 29.8 Å². The fourth-order valence-electron chi connectivity index (χ4n) is 1.55. The van der Waals surface area contributed by atoms with Gasteiger partial charge in [-0.25, -0.2) is 0 Å². The van der Waals surface area contributed by atoms with Crippen LogP contribution < -0.4 is 4.90 Å². The third kappa shape index (κ3) is 3.22. The van der Waals surface area contributed by atoms with Gasteiger partial charge in [0.25, 0.3) is 0 Å². The lowest BCUT2D eigenvalue weighted by atomic mass is 10.1. The number of hydrogen-bond acceptors (Lipinski definition) is 3. The van der Waals surface area contributed by atoms with Crippen LogP contribution >= 0.6 is 0 Å². The van der Waals surface area contributed by atoms with E-state index in [1.807, 2.05) is 24.3 Å². The van der Waals surface area contributed by atoms with Gasteiger partial charge in [0.15, 0.2) is 0 Å². The zero-order valence-electron chi connectivity index (χ0n) is 9.35. The number of anilines is 1. The summed E-state index contributed by atoms with van der Waals surface area (Å²) < 4.78 is 0. The summed E-state index contributed by atoms with van der Waals surface area (Å²) in [4.78, 5) is 2.09. The van der Waals surface area contributed by atoms with Gasteiger partial charge in [-0.05, 0) is 31.5 Å². The Kier molecular flexibility index (Phi) is 4.59. The van der Waals surface area contributed by atoms with Crippen molar-refractivity contribution in [2.24, 2.45) is 0 Å². The predicted molar refractivity (Wildman–Crippen MR) is 62.0 cm³/mol. The molecule has 0 heterocycles. The fraction of sp³-hybridized carbons (Fsp3) is 0.500. The normalized spacial score (nSPS) is 12.5. The molecule has 1 atom stereocenters. The Labute approximate surface area is 91.0 Å². The van der Waals surface area contributed by atoms with Crippen LogP contribution in [-0.4, -0.2) is 29.9 Å². The molecule has 1 aromatic rings. The SMILES string of the molecule is CCN(CCO)c1ccc([C@@H](C)O)cc1. The smallest absolute Gasteiger partial charge is 0.0761 e. The molecule has 0 aliphatic heterocycles. The Balaban J connectivity index is 2.77. The van der Waals surface area contributed by atoms with Crippen LogP contribution in [0.3, 0.4) is 0 Å². The van der Waals surface area contributed by atoms with Gasteiger partial charge in [0.05, 0.1) is 12.7 Å². The lowest BCUT2D eigenvalue weighted by Crippen LogP contribution is -2.25. The molecule has 15 heavy (non-hydrogen) atoms. The summed E-state index contributed by atoms with van der Waals surface area (Å²) >= 11 is 0. The van der Waals surface area contributed by atoms with Gasteiger partial charge in [-0.2, -0.15) is 0 Å². The van der Waals surface area contributed by atoms with Crippen molar-refractivity contribution in [3.63, 3.8) is 0 Å². The summed E-state index contributed by atoms with van der Waals surface area (Å²) in [5.74, 6) is 0. The summed E-state index contributed by atoms with van der Waals surface area (Å²) in [6, 6.07) is 7.78. The Morgan fingerprint density at radius 1 is 1.27 bits per heavy atom. The monoisotopic (exact) mass is 209 g/mol. The molecule has 3 nitrogen and oxygen atoms in total. The maximum absolute atomic E-state index is 9.36. The van der Waals surface area contributed by atoms with E-state index in [0.717, 1.165) is 17.8 Å². The molecule has 0 saturated carbocycles. The molecule has 0 saturated heterocycles. The molecule has 0 fully saturated rings. The second-order valence-electron chi connectivity index (χ2n) is 3.57. The Morgan fingerprint density at radius 2 is 1.87 bits per heavy atom. The van der Waals surface area contributed by atoms with Crippen molar-refractivity contribution >= 4 is 5.69 Å². The van der Waals surface area contributed by atoms with Crippen molar-refractivity contribution in [1.29, 1.82) is 0 Å². The molecule has 84 valence electrons. The van der Waals surface area contributed by atoms with E-state index in [1.165, 1.54) is 0 Å². The molecular formula is C12H19NO2. The minimum absolute atomic E-state index is 0.159. The highest BCUT2D eigenvalue weighted by molar-refractivity contribution is 5.47. The lowest BCUT2D eigenvalue weighted by molar-refractivity contribution is 0.199. The average Bonchev–Trinajstić information content (AvgIpc) is 2.26. The van der Waals surface area contributed by atoms with Crippen molar-refractivity contribution in [2.45, 2.75) is 20.0 Å². The number of hydrogen-bond donors (Lipinski definition) is 2. The van der Waals surface area contributed by atoms with Crippen molar-refractivity contribution in [3.8, 4) is 0 Å². The van der Waals surface area contributed by atoms with Crippen LogP contribution in [0.1, 0.15) is 25.5 Å². The lowest BCUT2D eigenvalue weighted by Gasteiger charge is -2.22. The van der Waals surface area contributed by atoms with Crippen LogP contribution in [-0.2, 0) is 0 Å². The molecule has 3 heteroatoms. The first kappa shape index (κ1) is 12.0. The summed E-state index contributed by atoms with van der Waals surface area (Å²) in [7, 11) is 0. The molecule has 0 aliphatic rings. The summed E-state index contributed by atoms with van der Waals surface area (Å²) in [5, 5.41) is 18.3. The predicted octanol–water partition coefficient (Wildman–Crippen LogP) is 1.56. The molecule has 0 unspecified atom stereocenters. The standard InChI is InChI=1S/C12H19NO2/c1-3-13(8-9-14)12-6-4-11(5-7-12)10(2)15/h4-7,10,14-15H,3,8-9H2,1-2H3/t10-/m1/s1. The van der Waals surface area contributed by atoms with Crippen LogP contribution in [0.2, 0.25) is 0 Å². The van der Waals surface area contributed by atoms with Crippen molar-refractivity contribution in [2.75, 3.05) is 24.6 Å². The Bertz CT molecular complexity index is 282. The highest BCUT2D eigenvalue weighted by atomic mass is 16.3. The number of benzene rings is 1. The van der Waals surface area contributed by atoms with Crippen molar-refractivity contribution < 1.29 is 10.2 Å². The first-order chi connectivity index (χ1) is 7.19. The van der Waals surface area contributed by atoms with E-state index < -0.39 is 6.10 Å². The third-order valence-corrected chi connectivity index (χ3v) is 2.49. The van der Waals surface area contributed by atoms with E-state index in [-0.39, 0.29) is 6.61 Å². The topological polar surface area (TPSA) is 43.7 Å². The number of nitrogens with zero attached hydrogens (tertiary/aromatic N) is 1. The van der Waals surface area contributed by atoms with E-state index in [0.29, 0.717) is 6.54 Å². The Morgan fingerprint density at radius 3 is 2.27 bits per heavy atom.